The smallest absolute Gasteiger partial charge is 0.332 e. The van der Waals surface area contributed by atoms with Crippen LogP contribution in [0.5, 0.6) is 5.75 Å². The van der Waals surface area contributed by atoms with Crippen molar-refractivity contribution in [3.63, 3.8) is 0 Å². The standard InChI is InChI=1S/C24H22N4O4/c1-32-20-11-5-10-19(13-20)28-23(30)21(14-22(29)26-18-8-3-2-4-9-18)27(24(28)31)16-17-7-6-12-25-15-17/h2-13,15,21H,14,16H2,1H3,(H,26,29)/t21-/m0/s1. The first-order valence-corrected chi connectivity index (χ1v) is 10.1. The van der Waals surface area contributed by atoms with Crippen molar-refractivity contribution in [3.05, 3.63) is 84.7 Å². The van der Waals surface area contributed by atoms with E-state index in [9.17, 15) is 14.4 Å². The SMILES string of the molecule is COc1cccc(N2C(=O)[C@H](CC(=O)Nc3ccccc3)N(Cc3cccnc3)C2=O)c1. The molecule has 2 heterocycles. The van der Waals surface area contributed by atoms with Crippen LogP contribution in [0.1, 0.15) is 12.0 Å². The molecule has 3 aromatic rings. The molecule has 0 radical (unpaired) electrons. The van der Waals surface area contributed by atoms with Gasteiger partial charge in [0.1, 0.15) is 11.8 Å². The van der Waals surface area contributed by atoms with Crippen molar-refractivity contribution in [2.45, 2.75) is 19.0 Å². The maximum Gasteiger partial charge on any atom is 0.332 e. The maximum absolute atomic E-state index is 13.3. The summed E-state index contributed by atoms with van der Waals surface area (Å²) >= 11 is 0. The Labute approximate surface area is 185 Å². The number of amides is 4. The fraction of sp³-hybridized carbons (Fsp3) is 0.167. The molecule has 1 aromatic heterocycles. The predicted octanol–water partition coefficient (Wildman–Crippen LogP) is 3.46. The lowest BCUT2D eigenvalue weighted by molar-refractivity contribution is -0.124. The van der Waals surface area contributed by atoms with Gasteiger partial charge in [-0.2, -0.15) is 0 Å². The highest BCUT2D eigenvalue weighted by molar-refractivity contribution is 6.22. The third-order valence-electron chi connectivity index (χ3n) is 5.14. The van der Waals surface area contributed by atoms with Crippen LogP contribution in [0.3, 0.4) is 0 Å². The molecule has 32 heavy (non-hydrogen) atoms. The van der Waals surface area contributed by atoms with Crippen molar-refractivity contribution in [1.29, 1.82) is 0 Å². The number of aromatic nitrogens is 1. The van der Waals surface area contributed by atoms with Crippen LogP contribution in [0.15, 0.2) is 79.1 Å². The van der Waals surface area contributed by atoms with E-state index in [1.54, 1.807) is 67.0 Å². The third kappa shape index (κ3) is 4.44. The zero-order chi connectivity index (χ0) is 22.5. The van der Waals surface area contributed by atoms with E-state index in [4.69, 9.17) is 4.74 Å². The molecule has 0 aliphatic carbocycles. The second-order valence-corrected chi connectivity index (χ2v) is 7.28. The van der Waals surface area contributed by atoms with Gasteiger partial charge in [0.25, 0.3) is 5.91 Å². The summed E-state index contributed by atoms with van der Waals surface area (Å²) in [6.07, 6.45) is 3.10. The Hall–Kier alpha value is -4.20. The molecule has 162 valence electrons. The molecule has 1 aliphatic rings. The van der Waals surface area contributed by atoms with Crippen molar-refractivity contribution in [2.24, 2.45) is 0 Å². The first-order chi connectivity index (χ1) is 15.6. The van der Waals surface area contributed by atoms with E-state index in [1.165, 1.54) is 12.0 Å². The van der Waals surface area contributed by atoms with Gasteiger partial charge in [-0.25, -0.2) is 9.69 Å². The van der Waals surface area contributed by atoms with Gasteiger partial charge in [0.2, 0.25) is 5.91 Å². The molecule has 0 saturated carbocycles. The van der Waals surface area contributed by atoms with Gasteiger partial charge in [-0.3, -0.25) is 14.6 Å². The zero-order valence-corrected chi connectivity index (χ0v) is 17.5. The summed E-state index contributed by atoms with van der Waals surface area (Å²) in [6, 6.07) is 17.8. The van der Waals surface area contributed by atoms with Crippen molar-refractivity contribution in [1.82, 2.24) is 9.88 Å². The van der Waals surface area contributed by atoms with E-state index in [1.807, 2.05) is 12.1 Å². The molecule has 4 amide bonds. The maximum atomic E-state index is 13.3. The lowest BCUT2D eigenvalue weighted by Gasteiger charge is -2.21. The molecule has 0 spiro atoms. The Bertz CT molecular complexity index is 1120. The number of para-hydroxylation sites is 1. The molecule has 2 aromatic carbocycles. The molecule has 1 N–H and O–H groups in total. The van der Waals surface area contributed by atoms with Gasteiger partial charge in [0, 0.05) is 30.7 Å². The van der Waals surface area contributed by atoms with E-state index in [2.05, 4.69) is 10.3 Å². The number of carbonyl (C=O) groups excluding carboxylic acids is 3. The Morgan fingerprint density at radius 3 is 2.59 bits per heavy atom. The lowest BCUT2D eigenvalue weighted by Crippen LogP contribution is -2.37. The summed E-state index contributed by atoms with van der Waals surface area (Å²) in [5.41, 5.74) is 1.77. The lowest BCUT2D eigenvalue weighted by atomic mass is 10.1. The van der Waals surface area contributed by atoms with Gasteiger partial charge in [-0.05, 0) is 35.9 Å². The molecule has 8 nitrogen and oxygen atoms in total. The number of nitrogens with one attached hydrogen (secondary N) is 1. The number of benzene rings is 2. The number of urea groups is 1. The molecular weight excluding hydrogens is 408 g/mol. The van der Waals surface area contributed by atoms with E-state index < -0.39 is 18.0 Å². The Balaban J connectivity index is 1.62. The van der Waals surface area contributed by atoms with Crippen LogP contribution in [-0.4, -0.2) is 40.9 Å². The monoisotopic (exact) mass is 430 g/mol. The molecule has 1 fully saturated rings. The summed E-state index contributed by atoms with van der Waals surface area (Å²) < 4.78 is 5.23. The summed E-state index contributed by atoms with van der Waals surface area (Å²) in [4.78, 5) is 45.9. The summed E-state index contributed by atoms with van der Waals surface area (Å²) in [5, 5.41) is 2.78. The highest BCUT2D eigenvalue weighted by atomic mass is 16.5. The number of nitrogens with zero attached hydrogens (tertiary/aromatic N) is 3. The quantitative estimate of drug-likeness (QED) is 0.580. The van der Waals surface area contributed by atoms with E-state index in [0.29, 0.717) is 17.1 Å². The van der Waals surface area contributed by atoms with Crippen LogP contribution in [-0.2, 0) is 16.1 Å². The number of imide groups is 1. The molecule has 1 aliphatic heterocycles. The van der Waals surface area contributed by atoms with Gasteiger partial charge in [-0.15, -0.1) is 0 Å². The minimum atomic E-state index is -0.947. The highest BCUT2D eigenvalue weighted by Gasteiger charge is 2.46. The third-order valence-corrected chi connectivity index (χ3v) is 5.14. The van der Waals surface area contributed by atoms with Crippen LogP contribution in [0, 0.1) is 0 Å². The molecule has 1 saturated heterocycles. The van der Waals surface area contributed by atoms with E-state index >= 15 is 0 Å². The number of ether oxygens (including phenoxy) is 1. The van der Waals surface area contributed by atoms with Gasteiger partial charge >= 0.3 is 6.03 Å². The van der Waals surface area contributed by atoms with Crippen molar-refractivity contribution >= 4 is 29.2 Å². The molecule has 1 atom stereocenters. The average Bonchev–Trinajstić information content (AvgIpc) is 3.04. The second-order valence-electron chi connectivity index (χ2n) is 7.28. The zero-order valence-electron chi connectivity index (χ0n) is 17.5. The van der Waals surface area contributed by atoms with Gasteiger partial charge in [-0.1, -0.05) is 30.3 Å². The molecular formula is C24H22N4O4. The molecule has 0 unspecified atom stereocenters. The van der Waals surface area contributed by atoms with Crippen molar-refractivity contribution in [2.75, 3.05) is 17.3 Å². The molecule has 8 heteroatoms. The average molecular weight is 430 g/mol. The van der Waals surface area contributed by atoms with Crippen molar-refractivity contribution in [3.8, 4) is 5.75 Å². The minimum Gasteiger partial charge on any atom is -0.497 e. The van der Waals surface area contributed by atoms with Crippen molar-refractivity contribution < 1.29 is 19.1 Å². The van der Waals surface area contributed by atoms with Gasteiger partial charge in [0.15, 0.2) is 0 Å². The fourth-order valence-electron chi connectivity index (χ4n) is 3.60. The Kier molecular flexibility index (Phi) is 6.12. The first kappa shape index (κ1) is 21.0. The minimum absolute atomic E-state index is 0.155. The largest absolute Gasteiger partial charge is 0.497 e. The normalized spacial score (nSPS) is 15.7. The molecule has 4 rings (SSSR count). The number of pyridine rings is 1. The summed E-state index contributed by atoms with van der Waals surface area (Å²) in [7, 11) is 1.51. The number of hydrogen-bond acceptors (Lipinski definition) is 5. The second kappa shape index (κ2) is 9.30. The van der Waals surface area contributed by atoms with Crippen LogP contribution in [0.25, 0.3) is 0 Å². The number of methoxy groups -OCH3 is 1. The molecule has 0 bridgehead atoms. The summed E-state index contributed by atoms with van der Waals surface area (Å²) in [6.45, 7) is 0.155. The van der Waals surface area contributed by atoms with Gasteiger partial charge in [0.05, 0.1) is 19.2 Å². The first-order valence-electron chi connectivity index (χ1n) is 10.1. The van der Waals surface area contributed by atoms with E-state index in [-0.39, 0.29) is 18.9 Å². The van der Waals surface area contributed by atoms with Crippen LogP contribution >= 0.6 is 0 Å². The number of carbonyl (C=O) groups is 3. The Morgan fingerprint density at radius 2 is 1.88 bits per heavy atom. The van der Waals surface area contributed by atoms with Crippen LogP contribution in [0.2, 0.25) is 0 Å². The number of rotatable bonds is 7. The van der Waals surface area contributed by atoms with E-state index in [0.717, 1.165) is 10.5 Å². The topological polar surface area (TPSA) is 91.8 Å². The number of hydrogen-bond donors (Lipinski definition) is 1. The summed E-state index contributed by atoms with van der Waals surface area (Å²) in [5.74, 6) is -0.298. The van der Waals surface area contributed by atoms with Gasteiger partial charge < -0.3 is 15.0 Å². The Morgan fingerprint density at radius 1 is 1.06 bits per heavy atom. The highest BCUT2D eigenvalue weighted by Crippen LogP contribution is 2.30. The predicted molar refractivity (Wildman–Crippen MR) is 119 cm³/mol. The number of anilines is 2. The van der Waals surface area contributed by atoms with Crippen LogP contribution < -0.4 is 15.0 Å². The van der Waals surface area contributed by atoms with Crippen LogP contribution in [0.4, 0.5) is 16.2 Å². The fourth-order valence-corrected chi connectivity index (χ4v) is 3.60.